The molecule has 4 heteroatoms. The van der Waals surface area contributed by atoms with Crippen molar-refractivity contribution in [3.8, 4) is 0 Å². The van der Waals surface area contributed by atoms with Gasteiger partial charge in [-0.15, -0.1) is 0 Å². The number of hydrogen-bond donors (Lipinski definition) is 0. The number of aliphatic imine (C=N–C) groups is 1. The first-order chi connectivity index (χ1) is 13.8. The zero-order valence-electron chi connectivity index (χ0n) is 15.5. The molecule has 1 unspecified atom stereocenters. The van der Waals surface area contributed by atoms with Gasteiger partial charge in [-0.3, -0.25) is 9.69 Å². The molecule has 0 aromatic heterocycles. The third-order valence-electron chi connectivity index (χ3n) is 5.43. The summed E-state index contributed by atoms with van der Waals surface area (Å²) in [6.45, 7) is 1.26. The Bertz CT molecular complexity index is 1030. The number of carbonyl (C=O) groups is 1. The van der Waals surface area contributed by atoms with Crippen molar-refractivity contribution >= 4 is 17.6 Å². The molecule has 0 spiro atoms. The minimum absolute atomic E-state index is 0.124. The summed E-state index contributed by atoms with van der Waals surface area (Å²) in [5.41, 5.74) is 4.40. The van der Waals surface area contributed by atoms with Crippen molar-refractivity contribution in [3.05, 3.63) is 102 Å². The molecule has 0 radical (unpaired) electrons. The van der Waals surface area contributed by atoms with Gasteiger partial charge in [-0.25, -0.2) is 4.99 Å². The highest BCUT2D eigenvalue weighted by atomic mass is 16.2. The number of rotatable bonds is 4. The summed E-state index contributed by atoms with van der Waals surface area (Å²) in [4.78, 5) is 22.3. The number of hydrogen-bond acceptors (Lipinski definition) is 3. The topological polar surface area (TPSA) is 35.9 Å². The molecule has 0 bridgehead atoms. The van der Waals surface area contributed by atoms with Crippen LogP contribution in [0.1, 0.15) is 16.7 Å². The summed E-state index contributed by atoms with van der Waals surface area (Å²) in [5, 5.41) is 0. The maximum atomic E-state index is 13.4. The van der Waals surface area contributed by atoms with Crippen LogP contribution in [0.5, 0.6) is 0 Å². The standard InChI is InChI=1S/C24H21N3O/c28-23-22(15-18-9-3-1-4-10-18)26-17-20-13-7-8-14-21(20)25-24(26)27(23)16-19-11-5-2-6-12-19/h1-14,22H,15-17H2. The van der Waals surface area contributed by atoms with E-state index in [2.05, 4.69) is 35.2 Å². The SMILES string of the molecule is O=C1C(Cc2ccccc2)N2Cc3ccccc3N=C2N1Cc1ccccc1. The zero-order valence-corrected chi connectivity index (χ0v) is 15.5. The van der Waals surface area contributed by atoms with Gasteiger partial charge in [-0.05, 0) is 22.8 Å². The van der Waals surface area contributed by atoms with Crippen LogP contribution >= 0.6 is 0 Å². The van der Waals surface area contributed by atoms with Gasteiger partial charge in [0.2, 0.25) is 5.96 Å². The lowest BCUT2D eigenvalue weighted by Gasteiger charge is -2.29. The van der Waals surface area contributed by atoms with Crippen LogP contribution < -0.4 is 0 Å². The predicted octanol–water partition coefficient (Wildman–Crippen LogP) is 4.14. The lowest BCUT2D eigenvalue weighted by molar-refractivity contribution is -0.128. The Morgan fingerprint density at radius 2 is 1.46 bits per heavy atom. The first kappa shape index (κ1) is 16.8. The van der Waals surface area contributed by atoms with Crippen LogP contribution in [0.4, 0.5) is 5.69 Å². The maximum Gasteiger partial charge on any atom is 0.252 e. The Morgan fingerprint density at radius 1 is 0.821 bits per heavy atom. The Balaban J connectivity index is 1.53. The van der Waals surface area contributed by atoms with E-state index in [4.69, 9.17) is 4.99 Å². The zero-order chi connectivity index (χ0) is 18.9. The Kier molecular flexibility index (Phi) is 4.17. The third-order valence-corrected chi connectivity index (χ3v) is 5.43. The largest absolute Gasteiger partial charge is 0.325 e. The van der Waals surface area contributed by atoms with Crippen LogP contribution in [0, 0.1) is 0 Å². The molecule has 0 saturated carbocycles. The minimum Gasteiger partial charge on any atom is -0.325 e. The molecule has 3 aromatic carbocycles. The van der Waals surface area contributed by atoms with Gasteiger partial charge >= 0.3 is 0 Å². The Hall–Kier alpha value is -3.40. The van der Waals surface area contributed by atoms with Crippen LogP contribution in [0.25, 0.3) is 0 Å². The molecule has 1 atom stereocenters. The van der Waals surface area contributed by atoms with E-state index in [0.717, 1.165) is 17.2 Å². The van der Waals surface area contributed by atoms with Gasteiger partial charge in [-0.2, -0.15) is 0 Å². The first-order valence-corrected chi connectivity index (χ1v) is 9.62. The fourth-order valence-corrected chi connectivity index (χ4v) is 4.01. The van der Waals surface area contributed by atoms with Crippen molar-refractivity contribution < 1.29 is 4.79 Å². The first-order valence-electron chi connectivity index (χ1n) is 9.62. The van der Waals surface area contributed by atoms with Crippen molar-refractivity contribution in [2.75, 3.05) is 0 Å². The van der Waals surface area contributed by atoms with E-state index >= 15 is 0 Å². The molecule has 0 N–H and O–H groups in total. The molecule has 5 rings (SSSR count). The molecule has 1 saturated heterocycles. The van der Waals surface area contributed by atoms with E-state index in [1.165, 1.54) is 11.1 Å². The van der Waals surface area contributed by atoms with Gasteiger partial charge in [0.05, 0.1) is 12.2 Å². The molecule has 28 heavy (non-hydrogen) atoms. The lowest BCUT2D eigenvalue weighted by atomic mass is 10.0. The van der Waals surface area contributed by atoms with Gasteiger partial charge in [0.25, 0.3) is 5.91 Å². The second-order valence-corrected chi connectivity index (χ2v) is 7.28. The van der Waals surface area contributed by atoms with E-state index in [0.29, 0.717) is 19.5 Å². The Morgan fingerprint density at radius 3 is 2.21 bits per heavy atom. The monoisotopic (exact) mass is 367 g/mol. The molecule has 0 aliphatic carbocycles. The smallest absolute Gasteiger partial charge is 0.252 e. The van der Waals surface area contributed by atoms with Crippen LogP contribution in [-0.2, 0) is 24.3 Å². The van der Waals surface area contributed by atoms with Crippen molar-refractivity contribution in [1.82, 2.24) is 9.80 Å². The molecule has 1 amide bonds. The van der Waals surface area contributed by atoms with Gasteiger partial charge in [0, 0.05) is 13.0 Å². The normalized spacial score (nSPS) is 17.9. The predicted molar refractivity (Wildman–Crippen MR) is 110 cm³/mol. The van der Waals surface area contributed by atoms with Crippen LogP contribution in [0.2, 0.25) is 0 Å². The quantitative estimate of drug-likeness (QED) is 0.695. The second kappa shape index (κ2) is 6.97. The van der Waals surface area contributed by atoms with Crippen LogP contribution in [-0.4, -0.2) is 27.7 Å². The molecule has 2 heterocycles. The van der Waals surface area contributed by atoms with Gasteiger partial charge in [0.1, 0.15) is 6.04 Å². The summed E-state index contributed by atoms with van der Waals surface area (Å²) in [6, 6.07) is 28.3. The maximum absolute atomic E-state index is 13.4. The molecule has 2 aliphatic heterocycles. The minimum atomic E-state index is -0.224. The summed E-state index contributed by atoms with van der Waals surface area (Å²) in [5.74, 6) is 0.896. The fourth-order valence-electron chi connectivity index (χ4n) is 4.01. The fraction of sp³-hybridized carbons (Fsp3) is 0.167. The van der Waals surface area contributed by atoms with Crippen molar-refractivity contribution in [2.45, 2.75) is 25.6 Å². The highest BCUT2D eigenvalue weighted by Gasteiger charge is 2.44. The molecule has 3 aromatic rings. The highest BCUT2D eigenvalue weighted by Crippen LogP contribution is 2.33. The number of para-hydroxylation sites is 1. The van der Waals surface area contributed by atoms with E-state index < -0.39 is 0 Å². The van der Waals surface area contributed by atoms with E-state index in [-0.39, 0.29) is 11.9 Å². The Labute approximate surface area is 164 Å². The second-order valence-electron chi connectivity index (χ2n) is 7.28. The van der Waals surface area contributed by atoms with E-state index in [9.17, 15) is 4.79 Å². The average Bonchev–Trinajstić information content (AvgIpc) is 2.99. The number of fused-ring (bicyclic) bond motifs is 2. The lowest BCUT2D eigenvalue weighted by Crippen LogP contribution is -2.38. The van der Waals surface area contributed by atoms with Crippen molar-refractivity contribution in [2.24, 2.45) is 4.99 Å². The van der Waals surface area contributed by atoms with Gasteiger partial charge in [-0.1, -0.05) is 78.9 Å². The van der Waals surface area contributed by atoms with Crippen LogP contribution in [0.3, 0.4) is 0 Å². The summed E-state index contributed by atoms with van der Waals surface area (Å²) in [7, 11) is 0. The summed E-state index contributed by atoms with van der Waals surface area (Å²) >= 11 is 0. The van der Waals surface area contributed by atoms with E-state index in [1.807, 2.05) is 59.5 Å². The van der Waals surface area contributed by atoms with Crippen molar-refractivity contribution in [3.63, 3.8) is 0 Å². The number of amides is 1. The number of guanidine groups is 1. The van der Waals surface area contributed by atoms with E-state index in [1.54, 1.807) is 0 Å². The molecular formula is C24H21N3O. The van der Waals surface area contributed by atoms with Crippen molar-refractivity contribution in [1.29, 1.82) is 0 Å². The average molecular weight is 367 g/mol. The molecule has 138 valence electrons. The molecular weight excluding hydrogens is 346 g/mol. The summed E-state index contributed by atoms with van der Waals surface area (Å²) < 4.78 is 0. The van der Waals surface area contributed by atoms with Crippen LogP contribution in [0.15, 0.2) is 89.9 Å². The number of nitrogens with zero attached hydrogens (tertiary/aromatic N) is 3. The molecule has 2 aliphatic rings. The highest BCUT2D eigenvalue weighted by molar-refractivity contribution is 6.07. The number of carbonyl (C=O) groups excluding carboxylic acids is 1. The molecule has 1 fully saturated rings. The summed E-state index contributed by atoms with van der Waals surface area (Å²) in [6.07, 6.45) is 0.687. The van der Waals surface area contributed by atoms with Gasteiger partial charge < -0.3 is 4.90 Å². The van der Waals surface area contributed by atoms with Gasteiger partial charge in [0.15, 0.2) is 0 Å². The number of benzene rings is 3. The molecule has 4 nitrogen and oxygen atoms in total. The third kappa shape index (κ3) is 2.97.